The first-order valence-corrected chi connectivity index (χ1v) is 7.36. The predicted molar refractivity (Wildman–Crippen MR) is 82.5 cm³/mol. The predicted octanol–water partition coefficient (Wildman–Crippen LogP) is 2.36. The quantitative estimate of drug-likeness (QED) is 0.890. The van der Waals surface area contributed by atoms with Gasteiger partial charge in [-0.1, -0.05) is 29.5 Å². The average molecular weight is 288 g/mol. The minimum absolute atomic E-state index is 0.0614. The summed E-state index contributed by atoms with van der Waals surface area (Å²) in [6.45, 7) is 0.724. The first-order valence-electron chi connectivity index (χ1n) is 6.54. The van der Waals surface area contributed by atoms with Crippen molar-refractivity contribution in [3.8, 4) is 0 Å². The maximum absolute atomic E-state index is 12.7. The highest BCUT2D eigenvalue weighted by Crippen LogP contribution is 2.32. The van der Waals surface area contributed by atoms with Crippen LogP contribution < -0.4 is 16.0 Å². The number of fused-ring (bicyclic) bond motifs is 1. The molecule has 1 amide bonds. The van der Waals surface area contributed by atoms with E-state index in [0.717, 1.165) is 25.1 Å². The van der Waals surface area contributed by atoms with Crippen molar-refractivity contribution in [2.24, 2.45) is 0 Å². The van der Waals surface area contributed by atoms with Gasteiger partial charge in [0.1, 0.15) is 10.7 Å². The fourth-order valence-corrected chi connectivity index (χ4v) is 3.25. The number of para-hydroxylation sites is 1. The Morgan fingerprint density at radius 2 is 2.25 bits per heavy atom. The zero-order chi connectivity index (χ0) is 14.1. The van der Waals surface area contributed by atoms with E-state index in [4.69, 9.17) is 5.73 Å². The third kappa shape index (κ3) is 2.12. The molecule has 5 nitrogen and oxygen atoms in total. The van der Waals surface area contributed by atoms with Crippen LogP contribution in [0.25, 0.3) is 0 Å². The molecule has 0 unspecified atom stereocenters. The highest BCUT2D eigenvalue weighted by molar-refractivity contribution is 7.18. The molecule has 1 aromatic heterocycles. The number of nitrogens with two attached hydrogens (primary N) is 1. The molecule has 3 N–H and O–H groups in total. The van der Waals surface area contributed by atoms with Crippen LogP contribution in [0.2, 0.25) is 0 Å². The number of nitrogens with one attached hydrogen (secondary N) is 1. The van der Waals surface area contributed by atoms with Gasteiger partial charge >= 0.3 is 0 Å². The number of rotatable bonds is 2. The van der Waals surface area contributed by atoms with Gasteiger partial charge < -0.3 is 16.0 Å². The molecule has 0 bridgehead atoms. The van der Waals surface area contributed by atoms with E-state index in [-0.39, 0.29) is 5.91 Å². The van der Waals surface area contributed by atoms with E-state index in [1.165, 1.54) is 16.9 Å². The lowest BCUT2D eigenvalue weighted by atomic mass is 10.0. The molecule has 20 heavy (non-hydrogen) atoms. The molecule has 0 fully saturated rings. The summed E-state index contributed by atoms with van der Waals surface area (Å²) in [4.78, 5) is 19.2. The Kier molecular flexibility index (Phi) is 3.31. The molecule has 104 valence electrons. The normalized spacial score (nSPS) is 13.9. The minimum atomic E-state index is -0.0614. The second-order valence-electron chi connectivity index (χ2n) is 4.67. The Morgan fingerprint density at radius 1 is 1.45 bits per heavy atom. The minimum Gasteiger partial charge on any atom is -0.382 e. The lowest BCUT2D eigenvalue weighted by Crippen LogP contribution is -2.35. The Bertz CT molecular complexity index is 652. The summed E-state index contributed by atoms with van der Waals surface area (Å²) in [6, 6.07) is 8.03. The van der Waals surface area contributed by atoms with Crippen LogP contribution in [0.5, 0.6) is 0 Å². The molecule has 0 saturated carbocycles. The molecule has 2 aromatic rings. The summed E-state index contributed by atoms with van der Waals surface area (Å²) in [6.07, 6.45) is 1.99. The number of hydrogen-bond donors (Lipinski definition) is 2. The maximum atomic E-state index is 12.7. The molecule has 1 aliphatic rings. The molecular formula is C14H16N4OS. The standard InChI is InChI=1S/C14H16N4OS/c1-16-14-17-12(15)11(20-14)13(19)18-8-4-6-9-5-2-3-7-10(9)18/h2-3,5,7H,4,6,8,15H2,1H3,(H,16,17). The first kappa shape index (κ1) is 12.9. The summed E-state index contributed by atoms with van der Waals surface area (Å²) in [5.41, 5.74) is 8.06. The molecule has 0 atom stereocenters. The van der Waals surface area contributed by atoms with Crippen molar-refractivity contribution in [1.82, 2.24) is 4.98 Å². The van der Waals surface area contributed by atoms with E-state index >= 15 is 0 Å². The van der Waals surface area contributed by atoms with Gasteiger partial charge in [-0.2, -0.15) is 0 Å². The highest BCUT2D eigenvalue weighted by atomic mass is 32.1. The fraction of sp³-hybridized carbons (Fsp3) is 0.286. The van der Waals surface area contributed by atoms with E-state index in [1.807, 2.05) is 23.1 Å². The van der Waals surface area contributed by atoms with E-state index in [0.29, 0.717) is 15.8 Å². The lowest BCUT2D eigenvalue weighted by molar-refractivity contribution is 0.0989. The van der Waals surface area contributed by atoms with Crippen LogP contribution in [-0.4, -0.2) is 24.5 Å². The number of hydrogen-bond acceptors (Lipinski definition) is 5. The van der Waals surface area contributed by atoms with Crippen LogP contribution in [0, 0.1) is 0 Å². The van der Waals surface area contributed by atoms with Crippen LogP contribution >= 0.6 is 11.3 Å². The summed E-state index contributed by atoms with van der Waals surface area (Å²) in [5.74, 6) is 0.237. The van der Waals surface area contributed by atoms with Gasteiger partial charge in [-0.25, -0.2) is 4.98 Å². The number of anilines is 3. The molecule has 0 spiro atoms. The molecule has 1 aliphatic heterocycles. The zero-order valence-electron chi connectivity index (χ0n) is 11.2. The Balaban J connectivity index is 1.97. The number of nitrogens with zero attached hydrogens (tertiary/aromatic N) is 2. The van der Waals surface area contributed by atoms with Crippen molar-refractivity contribution < 1.29 is 4.79 Å². The molecule has 3 rings (SSSR count). The second kappa shape index (κ2) is 5.13. The summed E-state index contributed by atoms with van der Waals surface area (Å²) < 4.78 is 0. The average Bonchev–Trinajstić information content (AvgIpc) is 2.87. The largest absolute Gasteiger partial charge is 0.382 e. The van der Waals surface area contributed by atoms with Crippen LogP contribution in [0.15, 0.2) is 24.3 Å². The number of nitrogen functional groups attached to an aromatic ring is 1. The van der Waals surface area contributed by atoms with E-state index in [1.54, 1.807) is 7.05 Å². The van der Waals surface area contributed by atoms with Gasteiger partial charge in [0.15, 0.2) is 5.13 Å². The molecule has 0 radical (unpaired) electrons. The van der Waals surface area contributed by atoms with Crippen LogP contribution in [0.4, 0.5) is 16.6 Å². The smallest absolute Gasteiger partial charge is 0.272 e. The Morgan fingerprint density at radius 3 is 3.00 bits per heavy atom. The molecule has 6 heteroatoms. The van der Waals surface area contributed by atoms with Crippen molar-refractivity contribution in [1.29, 1.82) is 0 Å². The third-order valence-corrected chi connectivity index (χ3v) is 4.49. The van der Waals surface area contributed by atoms with Crippen molar-refractivity contribution in [3.05, 3.63) is 34.7 Å². The zero-order valence-corrected chi connectivity index (χ0v) is 12.0. The van der Waals surface area contributed by atoms with Gasteiger partial charge in [0.05, 0.1) is 0 Å². The van der Waals surface area contributed by atoms with Crippen LogP contribution in [0.3, 0.4) is 0 Å². The second-order valence-corrected chi connectivity index (χ2v) is 5.67. The molecule has 0 saturated heterocycles. The monoisotopic (exact) mass is 288 g/mol. The van der Waals surface area contributed by atoms with Gasteiger partial charge in [-0.05, 0) is 24.5 Å². The number of amides is 1. The highest BCUT2D eigenvalue weighted by Gasteiger charge is 2.26. The maximum Gasteiger partial charge on any atom is 0.272 e. The number of carbonyl (C=O) groups is 1. The third-order valence-electron chi connectivity index (χ3n) is 3.42. The lowest BCUT2D eigenvalue weighted by Gasteiger charge is -2.29. The number of thiazole rings is 1. The Labute approximate surface area is 121 Å². The van der Waals surface area contributed by atoms with E-state index < -0.39 is 0 Å². The number of aromatic nitrogens is 1. The fourth-order valence-electron chi connectivity index (χ4n) is 2.46. The summed E-state index contributed by atoms with van der Waals surface area (Å²) >= 11 is 1.30. The van der Waals surface area contributed by atoms with Gasteiger partial charge in [-0.3, -0.25) is 4.79 Å². The van der Waals surface area contributed by atoms with Crippen LogP contribution in [0.1, 0.15) is 21.7 Å². The molecule has 0 aliphatic carbocycles. The first-order chi connectivity index (χ1) is 9.70. The van der Waals surface area contributed by atoms with Crippen LogP contribution in [-0.2, 0) is 6.42 Å². The van der Waals surface area contributed by atoms with Crippen molar-refractivity contribution >= 4 is 33.9 Å². The molecular weight excluding hydrogens is 272 g/mol. The van der Waals surface area contributed by atoms with E-state index in [2.05, 4.69) is 16.4 Å². The molecule has 2 heterocycles. The van der Waals surface area contributed by atoms with Gasteiger partial charge in [0, 0.05) is 19.3 Å². The number of benzene rings is 1. The SMILES string of the molecule is CNc1nc(N)c(C(=O)N2CCCc3ccccc32)s1. The van der Waals surface area contributed by atoms with Crippen molar-refractivity contribution in [3.63, 3.8) is 0 Å². The summed E-state index contributed by atoms with van der Waals surface area (Å²) in [5, 5.41) is 3.58. The van der Waals surface area contributed by atoms with Gasteiger partial charge in [-0.15, -0.1) is 0 Å². The van der Waals surface area contributed by atoms with Crippen molar-refractivity contribution in [2.75, 3.05) is 29.5 Å². The summed E-state index contributed by atoms with van der Waals surface area (Å²) in [7, 11) is 1.77. The number of carbonyl (C=O) groups excluding carboxylic acids is 1. The number of aryl methyl sites for hydroxylation is 1. The van der Waals surface area contributed by atoms with Crippen molar-refractivity contribution in [2.45, 2.75) is 12.8 Å². The molecule has 1 aromatic carbocycles. The van der Waals surface area contributed by atoms with Gasteiger partial charge in [0.25, 0.3) is 5.91 Å². The van der Waals surface area contributed by atoms with E-state index in [9.17, 15) is 4.79 Å². The topological polar surface area (TPSA) is 71.2 Å². The Hall–Kier alpha value is -2.08. The van der Waals surface area contributed by atoms with Gasteiger partial charge in [0.2, 0.25) is 0 Å².